The highest BCUT2D eigenvalue weighted by Gasteiger charge is 2.31. The molecule has 1 aliphatic heterocycles. The number of halogens is 1. The van der Waals surface area contributed by atoms with Gasteiger partial charge in [-0.3, -0.25) is 9.69 Å². The SMILES string of the molecule is CN1C(=O)/C(=C\c2ccc(Sc3ccccc3)o2)SC1=Nc1ccccc1F. The predicted octanol–water partition coefficient (Wildman–Crippen LogP) is 5.80. The first-order valence-corrected chi connectivity index (χ1v) is 10.1. The molecule has 0 unspecified atom stereocenters. The van der Waals surface area contributed by atoms with E-state index in [0.29, 0.717) is 15.8 Å². The number of para-hydroxylation sites is 1. The Morgan fingerprint density at radius 2 is 1.82 bits per heavy atom. The molecule has 0 spiro atoms. The number of aliphatic imine (C=N–C) groups is 1. The third-order valence-corrected chi connectivity index (χ3v) is 5.90. The molecule has 0 saturated carbocycles. The van der Waals surface area contributed by atoms with Crippen molar-refractivity contribution in [3.63, 3.8) is 0 Å². The van der Waals surface area contributed by atoms with Crippen molar-refractivity contribution in [3.05, 3.63) is 83.2 Å². The van der Waals surface area contributed by atoms with Crippen LogP contribution in [-0.2, 0) is 4.79 Å². The second-order valence-corrected chi connectivity index (χ2v) is 7.98. The number of nitrogens with zero attached hydrogens (tertiary/aromatic N) is 2. The molecule has 0 N–H and O–H groups in total. The Hall–Kier alpha value is -2.77. The predicted molar refractivity (Wildman–Crippen MR) is 111 cm³/mol. The Morgan fingerprint density at radius 1 is 1.07 bits per heavy atom. The number of amides is 1. The number of likely N-dealkylation sites (N-methyl/N-ethyl adjacent to an activating group) is 1. The van der Waals surface area contributed by atoms with Gasteiger partial charge in [0, 0.05) is 18.0 Å². The lowest BCUT2D eigenvalue weighted by Crippen LogP contribution is -2.23. The summed E-state index contributed by atoms with van der Waals surface area (Å²) < 4.78 is 19.6. The van der Waals surface area contributed by atoms with Gasteiger partial charge in [0.25, 0.3) is 5.91 Å². The highest BCUT2D eigenvalue weighted by atomic mass is 32.2. The van der Waals surface area contributed by atoms with Crippen LogP contribution in [0.4, 0.5) is 10.1 Å². The zero-order valence-electron chi connectivity index (χ0n) is 14.8. The van der Waals surface area contributed by atoms with Gasteiger partial charge in [0.1, 0.15) is 17.3 Å². The van der Waals surface area contributed by atoms with Gasteiger partial charge in [-0.05, 0) is 48.2 Å². The Bertz CT molecular complexity index is 1080. The first kappa shape index (κ1) is 18.6. The van der Waals surface area contributed by atoms with E-state index in [2.05, 4.69) is 4.99 Å². The maximum Gasteiger partial charge on any atom is 0.266 e. The van der Waals surface area contributed by atoms with E-state index in [4.69, 9.17) is 4.42 Å². The molecule has 0 atom stereocenters. The summed E-state index contributed by atoms with van der Waals surface area (Å²) in [5.41, 5.74) is 0.199. The molecule has 1 aromatic heterocycles. The number of carbonyl (C=O) groups is 1. The molecule has 1 amide bonds. The minimum atomic E-state index is -0.428. The molecule has 4 rings (SSSR count). The highest BCUT2D eigenvalue weighted by Crippen LogP contribution is 2.35. The topological polar surface area (TPSA) is 45.8 Å². The quantitative estimate of drug-likeness (QED) is 0.510. The minimum absolute atomic E-state index is 0.199. The fourth-order valence-corrected chi connectivity index (χ4v) is 4.26. The van der Waals surface area contributed by atoms with Crippen LogP contribution in [-0.4, -0.2) is 23.0 Å². The number of thioether (sulfide) groups is 1. The lowest BCUT2D eigenvalue weighted by molar-refractivity contribution is -0.121. The van der Waals surface area contributed by atoms with Crippen molar-refractivity contribution in [1.82, 2.24) is 4.90 Å². The number of benzene rings is 2. The Balaban J connectivity index is 1.54. The summed E-state index contributed by atoms with van der Waals surface area (Å²) in [6, 6.07) is 19.8. The number of hydrogen-bond acceptors (Lipinski definition) is 5. The minimum Gasteiger partial charge on any atom is -0.450 e. The van der Waals surface area contributed by atoms with Crippen molar-refractivity contribution in [1.29, 1.82) is 0 Å². The van der Waals surface area contributed by atoms with Crippen LogP contribution in [0.5, 0.6) is 0 Å². The number of amidine groups is 1. The smallest absolute Gasteiger partial charge is 0.266 e. The van der Waals surface area contributed by atoms with Crippen LogP contribution in [0.3, 0.4) is 0 Å². The maximum absolute atomic E-state index is 13.8. The summed E-state index contributed by atoms with van der Waals surface area (Å²) in [5.74, 6) is -0.0499. The Kier molecular flexibility index (Phi) is 5.36. The maximum atomic E-state index is 13.8. The molecule has 0 bridgehead atoms. The van der Waals surface area contributed by atoms with E-state index < -0.39 is 5.82 Å². The summed E-state index contributed by atoms with van der Waals surface area (Å²) in [6.07, 6.45) is 1.68. The van der Waals surface area contributed by atoms with E-state index >= 15 is 0 Å². The molecular formula is C21H15FN2O2S2. The molecule has 140 valence electrons. The average Bonchev–Trinajstić information content (AvgIpc) is 3.24. The summed E-state index contributed by atoms with van der Waals surface area (Å²) in [7, 11) is 1.62. The van der Waals surface area contributed by atoms with E-state index in [-0.39, 0.29) is 11.6 Å². The molecule has 0 radical (unpaired) electrons. The van der Waals surface area contributed by atoms with Crippen molar-refractivity contribution in [3.8, 4) is 0 Å². The van der Waals surface area contributed by atoms with Gasteiger partial charge in [0.15, 0.2) is 10.3 Å². The van der Waals surface area contributed by atoms with Gasteiger partial charge in [0.05, 0.1) is 4.91 Å². The summed E-state index contributed by atoms with van der Waals surface area (Å²) in [6.45, 7) is 0. The second kappa shape index (κ2) is 8.08. The average molecular weight is 410 g/mol. The first-order valence-electron chi connectivity index (χ1n) is 8.44. The van der Waals surface area contributed by atoms with Gasteiger partial charge < -0.3 is 4.42 Å². The van der Waals surface area contributed by atoms with Gasteiger partial charge in [-0.25, -0.2) is 9.38 Å². The van der Waals surface area contributed by atoms with Crippen molar-refractivity contribution in [2.75, 3.05) is 7.05 Å². The van der Waals surface area contributed by atoms with Crippen LogP contribution in [0.1, 0.15) is 5.76 Å². The third-order valence-electron chi connectivity index (χ3n) is 3.91. The molecule has 1 saturated heterocycles. The summed E-state index contributed by atoms with van der Waals surface area (Å²) in [4.78, 5) is 19.7. The summed E-state index contributed by atoms with van der Waals surface area (Å²) >= 11 is 2.70. The van der Waals surface area contributed by atoms with E-state index in [9.17, 15) is 9.18 Å². The van der Waals surface area contributed by atoms with Gasteiger partial charge in [-0.2, -0.15) is 0 Å². The van der Waals surface area contributed by atoms with E-state index in [1.54, 1.807) is 31.3 Å². The van der Waals surface area contributed by atoms with Crippen LogP contribution in [0.2, 0.25) is 0 Å². The van der Waals surface area contributed by atoms with Crippen LogP contribution in [0, 0.1) is 5.82 Å². The first-order chi connectivity index (χ1) is 13.6. The Labute approximate surface area is 170 Å². The number of carbonyl (C=O) groups excluding carboxylic acids is 1. The molecule has 0 aliphatic carbocycles. The van der Waals surface area contributed by atoms with Crippen molar-refractivity contribution in [2.45, 2.75) is 9.99 Å². The largest absolute Gasteiger partial charge is 0.450 e. The van der Waals surface area contributed by atoms with Crippen molar-refractivity contribution < 1.29 is 13.6 Å². The zero-order valence-corrected chi connectivity index (χ0v) is 16.5. The van der Waals surface area contributed by atoms with E-state index in [1.165, 1.54) is 34.5 Å². The monoisotopic (exact) mass is 410 g/mol. The van der Waals surface area contributed by atoms with Gasteiger partial charge >= 0.3 is 0 Å². The van der Waals surface area contributed by atoms with Crippen LogP contribution in [0.25, 0.3) is 6.08 Å². The molecule has 2 aromatic carbocycles. The van der Waals surface area contributed by atoms with Crippen LogP contribution in [0.15, 0.2) is 91.0 Å². The second-order valence-electron chi connectivity index (χ2n) is 5.89. The lowest BCUT2D eigenvalue weighted by Gasteiger charge is -2.07. The van der Waals surface area contributed by atoms with Crippen LogP contribution < -0.4 is 0 Å². The molecule has 1 fully saturated rings. The van der Waals surface area contributed by atoms with Gasteiger partial charge in [-0.15, -0.1) is 0 Å². The molecule has 28 heavy (non-hydrogen) atoms. The third kappa shape index (κ3) is 4.05. The molecule has 1 aliphatic rings. The molecule has 7 heteroatoms. The van der Waals surface area contributed by atoms with Gasteiger partial charge in [0.2, 0.25) is 0 Å². The fourth-order valence-electron chi connectivity index (χ4n) is 2.50. The summed E-state index contributed by atoms with van der Waals surface area (Å²) in [5, 5.41) is 1.16. The molecule has 3 aromatic rings. The molecular weight excluding hydrogens is 395 g/mol. The zero-order chi connectivity index (χ0) is 19.5. The van der Waals surface area contributed by atoms with Crippen molar-refractivity contribution in [2.24, 2.45) is 4.99 Å². The fraction of sp³-hybridized carbons (Fsp3) is 0.0476. The van der Waals surface area contributed by atoms with Gasteiger partial charge in [-0.1, -0.05) is 42.1 Å². The molecule has 4 nitrogen and oxygen atoms in total. The standard InChI is InChI=1S/C21H15FN2O2S2/c1-24-20(25)18(28-21(24)23-17-10-6-5-9-16(17)22)13-14-11-12-19(26-14)27-15-7-3-2-4-8-15/h2-13H,1H3/b18-13+,23-21?. The van der Waals surface area contributed by atoms with Crippen molar-refractivity contribution >= 4 is 46.4 Å². The molecule has 2 heterocycles. The van der Waals surface area contributed by atoms with E-state index in [1.807, 2.05) is 42.5 Å². The highest BCUT2D eigenvalue weighted by molar-refractivity contribution is 8.18. The number of furan rings is 1. The van der Waals surface area contributed by atoms with E-state index in [0.717, 1.165) is 9.99 Å². The van der Waals surface area contributed by atoms with Crippen LogP contribution >= 0.6 is 23.5 Å². The Morgan fingerprint density at radius 3 is 2.61 bits per heavy atom. The normalized spacial score (nSPS) is 17.1. The number of hydrogen-bond donors (Lipinski definition) is 0. The lowest BCUT2D eigenvalue weighted by atomic mass is 10.3. The number of rotatable bonds is 4.